The SMILES string of the molecule is [C-]#[N+]c1ccc(-n2c3ccc(-c4ccc(C)cc4C)cc3c3cc(-c4ccc(C)cc4C)ccc32)c(-c2nc(-c3ccccc3)nc(-c3ccccc3)n2)c1. The number of hydrogen-bond donors (Lipinski definition) is 0. The lowest BCUT2D eigenvalue weighted by atomic mass is 9.95. The molecule has 0 unspecified atom stereocenters. The highest BCUT2D eigenvalue weighted by molar-refractivity contribution is 6.12. The van der Waals surface area contributed by atoms with Crippen molar-refractivity contribution in [3.05, 3.63) is 185 Å². The van der Waals surface area contributed by atoms with Crippen molar-refractivity contribution in [3.63, 3.8) is 0 Å². The van der Waals surface area contributed by atoms with Crippen LogP contribution in [0.2, 0.25) is 0 Å². The molecule has 0 amide bonds. The zero-order valence-corrected chi connectivity index (χ0v) is 31.2. The molecule has 2 aromatic heterocycles. The largest absolute Gasteiger partial charge is 0.309 e. The van der Waals surface area contributed by atoms with Crippen molar-refractivity contribution in [1.29, 1.82) is 0 Å². The zero-order chi connectivity index (χ0) is 37.6. The molecule has 0 spiro atoms. The predicted octanol–water partition coefficient (Wildman–Crippen LogP) is 13.1. The van der Waals surface area contributed by atoms with Crippen LogP contribution in [0, 0.1) is 34.3 Å². The smallest absolute Gasteiger partial charge is 0.188 e. The number of aromatic nitrogens is 4. The average molecular weight is 708 g/mol. The van der Waals surface area contributed by atoms with E-state index in [0.717, 1.165) is 44.2 Å². The number of benzene rings is 7. The lowest BCUT2D eigenvalue weighted by molar-refractivity contribution is 1.06. The summed E-state index contributed by atoms with van der Waals surface area (Å²) in [5.74, 6) is 1.64. The van der Waals surface area contributed by atoms with Crippen molar-refractivity contribution in [2.75, 3.05) is 0 Å². The van der Waals surface area contributed by atoms with Gasteiger partial charge in [-0.3, -0.25) is 0 Å². The molecule has 0 aliphatic heterocycles. The van der Waals surface area contributed by atoms with Crippen LogP contribution >= 0.6 is 0 Å². The summed E-state index contributed by atoms with van der Waals surface area (Å²) in [6.45, 7) is 16.6. The molecule has 0 saturated carbocycles. The first kappa shape index (κ1) is 33.7. The Morgan fingerprint density at radius 2 is 0.927 bits per heavy atom. The van der Waals surface area contributed by atoms with Crippen LogP contribution in [0.5, 0.6) is 0 Å². The van der Waals surface area contributed by atoms with Gasteiger partial charge in [0, 0.05) is 27.5 Å². The van der Waals surface area contributed by atoms with Gasteiger partial charge in [-0.05, 0) is 97.5 Å². The van der Waals surface area contributed by atoms with Crippen molar-refractivity contribution >= 4 is 27.5 Å². The molecule has 9 aromatic rings. The Kier molecular flexibility index (Phi) is 8.37. The Morgan fingerprint density at radius 3 is 1.40 bits per heavy atom. The Balaban J connectivity index is 1.34. The molecule has 262 valence electrons. The van der Waals surface area contributed by atoms with Crippen molar-refractivity contribution in [3.8, 4) is 62.1 Å². The van der Waals surface area contributed by atoms with Crippen molar-refractivity contribution in [1.82, 2.24) is 19.5 Å². The third kappa shape index (κ3) is 6.14. The molecular weight excluding hydrogens is 671 g/mol. The highest BCUT2D eigenvalue weighted by Gasteiger charge is 2.21. The molecule has 5 nitrogen and oxygen atoms in total. The fourth-order valence-electron chi connectivity index (χ4n) is 7.79. The van der Waals surface area contributed by atoms with E-state index < -0.39 is 0 Å². The Labute approximate surface area is 321 Å². The van der Waals surface area contributed by atoms with Gasteiger partial charge in [-0.25, -0.2) is 19.8 Å². The molecule has 0 aliphatic rings. The second-order valence-electron chi connectivity index (χ2n) is 14.3. The molecule has 0 atom stereocenters. The summed E-state index contributed by atoms with van der Waals surface area (Å²) in [5.41, 5.74) is 15.8. The number of hydrogen-bond acceptors (Lipinski definition) is 3. The standard InChI is InChI=1S/C50H37N5/c1-31-16-21-40(33(3)26-31)37-18-23-45-42(28-37)43-29-38(41-22-17-32(2)27-34(41)4)19-24-46(43)55(45)47-25-20-39(51-5)30-44(47)50-53-48(35-12-8-6-9-13-35)52-49(54-50)36-14-10-7-11-15-36/h6-30H,1-4H3. The van der Waals surface area contributed by atoms with Crippen molar-refractivity contribution in [2.24, 2.45) is 0 Å². The predicted molar refractivity (Wildman–Crippen MR) is 227 cm³/mol. The van der Waals surface area contributed by atoms with Gasteiger partial charge in [-0.2, -0.15) is 0 Å². The normalized spacial score (nSPS) is 11.3. The van der Waals surface area contributed by atoms with Crippen LogP contribution < -0.4 is 0 Å². The van der Waals surface area contributed by atoms with Crippen LogP contribution in [0.15, 0.2) is 152 Å². The Morgan fingerprint density at radius 1 is 0.436 bits per heavy atom. The fraction of sp³-hybridized carbons (Fsp3) is 0.0800. The summed E-state index contributed by atoms with van der Waals surface area (Å²) in [7, 11) is 0. The van der Waals surface area contributed by atoms with Crippen LogP contribution in [0.3, 0.4) is 0 Å². The summed E-state index contributed by atoms with van der Waals surface area (Å²) in [6, 6.07) is 52.7. The van der Waals surface area contributed by atoms with E-state index in [0.29, 0.717) is 23.2 Å². The van der Waals surface area contributed by atoms with Gasteiger partial charge in [-0.1, -0.05) is 126 Å². The maximum atomic E-state index is 8.00. The Bertz CT molecular complexity index is 2800. The summed E-state index contributed by atoms with van der Waals surface area (Å²) >= 11 is 0. The lowest BCUT2D eigenvalue weighted by Gasteiger charge is -2.16. The van der Waals surface area contributed by atoms with E-state index in [1.165, 1.54) is 44.5 Å². The van der Waals surface area contributed by atoms with Gasteiger partial charge >= 0.3 is 0 Å². The van der Waals surface area contributed by atoms with E-state index in [1.54, 1.807) is 0 Å². The molecule has 0 bridgehead atoms. The molecule has 0 radical (unpaired) electrons. The van der Waals surface area contributed by atoms with Gasteiger partial charge in [0.1, 0.15) is 0 Å². The van der Waals surface area contributed by atoms with E-state index >= 15 is 0 Å². The molecule has 9 rings (SSSR count). The molecule has 7 aromatic carbocycles. The van der Waals surface area contributed by atoms with Crippen LogP contribution in [0.4, 0.5) is 5.69 Å². The molecule has 5 heteroatoms. The zero-order valence-electron chi connectivity index (χ0n) is 31.2. The highest BCUT2D eigenvalue weighted by atomic mass is 15.1. The molecule has 0 N–H and O–H groups in total. The number of nitrogens with zero attached hydrogens (tertiary/aromatic N) is 5. The number of rotatable bonds is 6. The van der Waals surface area contributed by atoms with Gasteiger partial charge in [0.15, 0.2) is 23.2 Å². The minimum absolute atomic E-state index is 0.502. The molecule has 55 heavy (non-hydrogen) atoms. The minimum atomic E-state index is 0.502. The van der Waals surface area contributed by atoms with Gasteiger partial charge in [0.25, 0.3) is 0 Å². The first-order valence-electron chi connectivity index (χ1n) is 18.5. The van der Waals surface area contributed by atoms with Crippen LogP contribution in [-0.4, -0.2) is 19.5 Å². The second kappa shape index (κ2) is 13.7. The van der Waals surface area contributed by atoms with Gasteiger partial charge in [-0.15, -0.1) is 0 Å². The molecule has 0 saturated heterocycles. The number of aryl methyl sites for hydroxylation is 4. The maximum absolute atomic E-state index is 8.00. The third-order valence-electron chi connectivity index (χ3n) is 10.4. The van der Waals surface area contributed by atoms with E-state index in [9.17, 15) is 0 Å². The lowest BCUT2D eigenvalue weighted by Crippen LogP contribution is -2.03. The van der Waals surface area contributed by atoms with E-state index in [2.05, 4.69) is 110 Å². The highest BCUT2D eigenvalue weighted by Crippen LogP contribution is 2.41. The maximum Gasteiger partial charge on any atom is 0.188 e. The van der Waals surface area contributed by atoms with Crippen LogP contribution in [0.25, 0.3) is 88.8 Å². The summed E-state index contributed by atoms with van der Waals surface area (Å²) in [4.78, 5) is 19.0. The Hall–Kier alpha value is -7.16. The monoisotopic (exact) mass is 707 g/mol. The molecular formula is C50H37N5. The first-order valence-corrected chi connectivity index (χ1v) is 18.5. The molecule has 0 aliphatic carbocycles. The molecule has 2 heterocycles. The van der Waals surface area contributed by atoms with Gasteiger partial charge in [0.2, 0.25) is 0 Å². The third-order valence-corrected chi connectivity index (χ3v) is 10.4. The first-order chi connectivity index (χ1) is 26.8. The van der Waals surface area contributed by atoms with E-state index in [4.69, 9.17) is 21.5 Å². The average Bonchev–Trinajstić information content (AvgIpc) is 3.54. The number of fused-ring (bicyclic) bond motifs is 3. The quantitative estimate of drug-likeness (QED) is 0.162. The topological polar surface area (TPSA) is 48.0 Å². The van der Waals surface area contributed by atoms with Crippen LogP contribution in [-0.2, 0) is 0 Å². The summed E-state index contributed by atoms with van der Waals surface area (Å²) < 4.78 is 2.31. The van der Waals surface area contributed by atoms with E-state index in [-0.39, 0.29) is 0 Å². The summed E-state index contributed by atoms with van der Waals surface area (Å²) in [6.07, 6.45) is 0. The van der Waals surface area contributed by atoms with Crippen molar-refractivity contribution < 1.29 is 0 Å². The van der Waals surface area contributed by atoms with E-state index in [1.807, 2.05) is 78.9 Å². The van der Waals surface area contributed by atoms with Gasteiger partial charge < -0.3 is 4.57 Å². The molecule has 0 fully saturated rings. The van der Waals surface area contributed by atoms with Crippen molar-refractivity contribution in [2.45, 2.75) is 27.7 Å². The fourth-order valence-corrected chi connectivity index (χ4v) is 7.79. The summed E-state index contributed by atoms with van der Waals surface area (Å²) in [5, 5.41) is 2.29. The van der Waals surface area contributed by atoms with Gasteiger partial charge in [0.05, 0.1) is 23.3 Å². The second-order valence-corrected chi connectivity index (χ2v) is 14.3. The van der Waals surface area contributed by atoms with Crippen LogP contribution in [0.1, 0.15) is 22.3 Å². The minimum Gasteiger partial charge on any atom is -0.309 e.